The average Bonchev–Trinajstić information content (AvgIpc) is 3.36. The van der Waals surface area contributed by atoms with Gasteiger partial charge >= 0.3 is 0 Å². The number of halogens is 1. The topological polar surface area (TPSA) is 58.5 Å². The fourth-order valence-corrected chi connectivity index (χ4v) is 1.90. The minimum Gasteiger partial charge on any atom is -0.477 e. The lowest BCUT2D eigenvalue weighted by Gasteiger charge is -2.16. The van der Waals surface area contributed by atoms with E-state index in [0.717, 1.165) is 37.0 Å². The molecule has 6 heteroatoms. The van der Waals surface area contributed by atoms with Gasteiger partial charge in [-0.05, 0) is 44.6 Å². The van der Waals surface area contributed by atoms with E-state index in [1.165, 1.54) is 12.8 Å². The molecule has 2 rings (SSSR count). The van der Waals surface area contributed by atoms with Gasteiger partial charge in [-0.25, -0.2) is 9.98 Å². The Morgan fingerprint density at radius 2 is 2.17 bits per heavy atom. The lowest BCUT2D eigenvalue weighted by atomic mass is 10.3. The van der Waals surface area contributed by atoms with E-state index in [1.54, 1.807) is 0 Å². The van der Waals surface area contributed by atoms with Crippen LogP contribution in [-0.4, -0.2) is 30.1 Å². The molecule has 0 bridgehead atoms. The zero-order valence-electron chi connectivity index (χ0n) is 14.3. The molecule has 1 fully saturated rings. The number of hydrogen-bond acceptors (Lipinski definition) is 3. The van der Waals surface area contributed by atoms with Crippen molar-refractivity contribution in [3.05, 3.63) is 23.9 Å². The maximum atomic E-state index is 5.64. The largest absolute Gasteiger partial charge is 0.477 e. The first-order chi connectivity index (χ1) is 10.7. The number of hydrogen-bond donors (Lipinski definition) is 2. The van der Waals surface area contributed by atoms with Gasteiger partial charge in [-0.3, -0.25) is 0 Å². The molecule has 0 aliphatic heterocycles. The lowest BCUT2D eigenvalue weighted by Crippen LogP contribution is -2.41. The Kier molecular flexibility index (Phi) is 9.28. The van der Waals surface area contributed by atoms with Crippen LogP contribution in [0, 0.1) is 5.92 Å². The quantitative estimate of drug-likeness (QED) is 0.376. The summed E-state index contributed by atoms with van der Waals surface area (Å²) < 4.78 is 5.64. The van der Waals surface area contributed by atoms with E-state index in [1.807, 2.05) is 18.3 Å². The summed E-state index contributed by atoms with van der Waals surface area (Å²) in [6.07, 6.45) is 5.50. The summed E-state index contributed by atoms with van der Waals surface area (Å²) in [5.41, 5.74) is 1.08. The van der Waals surface area contributed by atoms with Gasteiger partial charge in [0.25, 0.3) is 0 Å². The molecule has 23 heavy (non-hydrogen) atoms. The van der Waals surface area contributed by atoms with Crippen LogP contribution in [0.4, 0.5) is 0 Å². The van der Waals surface area contributed by atoms with Crippen molar-refractivity contribution in [1.29, 1.82) is 0 Å². The summed E-state index contributed by atoms with van der Waals surface area (Å²) in [5, 5.41) is 6.65. The van der Waals surface area contributed by atoms with E-state index in [0.29, 0.717) is 18.5 Å². The molecule has 1 aromatic rings. The van der Waals surface area contributed by atoms with Crippen molar-refractivity contribution in [3.8, 4) is 5.88 Å². The number of pyridine rings is 1. The van der Waals surface area contributed by atoms with Gasteiger partial charge in [0.2, 0.25) is 5.88 Å². The van der Waals surface area contributed by atoms with Gasteiger partial charge in [-0.15, -0.1) is 24.0 Å². The first-order valence-corrected chi connectivity index (χ1v) is 8.33. The van der Waals surface area contributed by atoms with Crippen LogP contribution in [0.3, 0.4) is 0 Å². The minimum absolute atomic E-state index is 0. The number of aliphatic imine (C=N–C) groups is 1. The van der Waals surface area contributed by atoms with E-state index in [4.69, 9.17) is 4.74 Å². The highest BCUT2D eigenvalue weighted by Crippen LogP contribution is 2.29. The van der Waals surface area contributed by atoms with Gasteiger partial charge in [-0.1, -0.05) is 13.0 Å². The third kappa shape index (κ3) is 7.85. The van der Waals surface area contributed by atoms with E-state index >= 15 is 0 Å². The van der Waals surface area contributed by atoms with Gasteiger partial charge in [0.15, 0.2) is 5.96 Å². The predicted molar refractivity (Wildman–Crippen MR) is 106 cm³/mol. The Bertz CT molecular complexity index is 474. The molecule has 2 N–H and O–H groups in total. The highest BCUT2D eigenvalue weighted by Gasteiger charge is 2.21. The standard InChI is InChI=1S/C17H28N4O.HI/c1-4-13(3)21-17(18-5-2)20-11-15-8-9-16(19-10-15)22-12-14-6-7-14;/h8-10,13-14H,4-7,11-12H2,1-3H3,(H2,18,20,21);1H. The summed E-state index contributed by atoms with van der Waals surface area (Å²) in [5.74, 6) is 2.32. The van der Waals surface area contributed by atoms with Crippen LogP contribution in [0.5, 0.6) is 5.88 Å². The van der Waals surface area contributed by atoms with Gasteiger partial charge < -0.3 is 15.4 Å². The summed E-state index contributed by atoms with van der Waals surface area (Å²) in [6, 6.07) is 4.38. The zero-order chi connectivity index (χ0) is 15.8. The van der Waals surface area contributed by atoms with Gasteiger partial charge in [0, 0.05) is 24.8 Å². The molecule has 1 aliphatic rings. The van der Waals surface area contributed by atoms with Crippen molar-refractivity contribution < 1.29 is 4.74 Å². The third-order valence-electron chi connectivity index (χ3n) is 3.72. The Hall–Kier alpha value is -1.05. The molecule has 0 spiro atoms. The van der Waals surface area contributed by atoms with Crippen LogP contribution >= 0.6 is 24.0 Å². The van der Waals surface area contributed by atoms with Crippen LogP contribution in [0.1, 0.15) is 45.6 Å². The molecule has 1 unspecified atom stereocenters. The molecule has 1 aliphatic carbocycles. The molecule has 1 atom stereocenters. The Morgan fingerprint density at radius 3 is 2.74 bits per heavy atom. The van der Waals surface area contributed by atoms with E-state index in [-0.39, 0.29) is 24.0 Å². The maximum absolute atomic E-state index is 5.64. The summed E-state index contributed by atoms with van der Waals surface area (Å²) in [4.78, 5) is 8.95. The molecule has 5 nitrogen and oxygen atoms in total. The number of nitrogens with one attached hydrogen (secondary N) is 2. The Balaban J connectivity index is 0.00000264. The van der Waals surface area contributed by atoms with E-state index in [2.05, 4.69) is 41.4 Å². The zero-order valence-corrected chi connectivity index (χ0v) is 16.7. The van der Waals surface area contributed by atoms with Crippen molar-refractivity contribution >= 4 is 29.9 Å². The predicted octanol–water partition coefficient (Wildman–Crippen LogP) is 3.34. The van der Waals surface area contributed by atoms with Crippen molar-refractivity contribution in [2.24, 2.45) is 10.9 Å². The fourth-order valence-electron chi connectivity index (χ4n) is 1.90. The van der Waals surface area contributed by atoms with Crippen LogP contribution in [-0.2, 0) is 6.54 Å². The summed E-state index contributed by atoms with van der Waals surface area (Å²) >= 11 is 0. The van der Waals surface area contributed by atoms with Crippen LogP contribution in [0.15, 0.2) is 23.3 Å². The minimum atomic E-state index is 0. The molecule has 0 radical (unpaired) electrons. The van der Waals surface area contributed by atoms with E-state index < -0.39 is 0 Å². The van der Waals surface area contributed by atoms with Crippen molar-refractivity contribution in [3.63, 3.8) is 0 Å². The van der Waals surface area contributed by atoms with Gasteiger partial charge in [0.1, 0.15) is 0 Å². The van der Waals surface area contributed by atoms with Crippen molar-refractivity contribution in [1.82, 2.24) is 15.6 Å². The first-order valence-electron chi connectivity index (χ1n) is 8.33. The van der Waals surface area contributed by atoms with Crippen LogP contribution in [0.25, 0.3) is 0 Å². The molecule has 0 aromatic carbocycles. The lowest BCUT2D eigenvalue weighted by molar-refractivity contribution is 0.288. The number of rotatable bonds is 8. The second-order valence-corrected chi connectivity index (χ2v) is 5.91. The average molecular weight is 432 g/mol. The highest BCUT2D eigenvalue weighted by atomic mass is 127. The molecule has 1 saturated carbocycles. The maximum Gasteiger partial charge on any atom is 0.213 e. The smallest absolute Gasteiger partial charge is 0.213 e. The van der Waals surface area contributed by atoms with Crippen molar-refractivity contribution in [2.45, 2.75) is 52.6 Å². The van der Waals surface area contributed by atoms with Gasteiger partial charge in [0.05, 0.1) is 13.2 Å². The number of ether oxygens (including phenoxy) is 1. The molecule has 130 valence electrons. The monoisotopic (exact) mass is 432 g/mol. The number of aromatic nitrogens is 1. The molecular weight excluding hydrogens is 403 g/mol. The summed E-state index contributed by atoms with van der Waals surface area (Å²) in [7, 11) is 0. The highest BCUT2D eigenvalue weighted by molar-refractivity contribution is 14.0. The summed E-state index contributed by atoms with van der Waals surface area (Å²) in [6.45, 7) is 8.65. The second kappa shape index (κ2) is 10.7. The second-order valence-electron chi connectivity index (χ2n) is 5.91. The number of nitrogens with zero attached hydrogens (tertiary/aromatic N) is 2. The normalized spacial score (nSPS) is 15.5. The Morgan fingerprint density at radius 1 is 1.39 bits per heavy atom. The van der Waals surface area contributed by atoms with Gasteiger partial charge in [-0.2, -0.15) is 0 Å². The number of guanidine groups is 1. The van der Waals surface area contributed by atoms with E-state index in [9.17, 15) is 0 Å². The van der Waals surface area contributed by atoms with Crippen molar-refractivity contribution in [2.75, 3.05) is 13.2 Å². The SMILES string of the molecule is CCNC(=NCc1ccc(OCC2CC2)nc1)NC(C)CC.I. The fraction of sp³-hybridized carbons (Fsp3) is 0.647. The third-order valence-corrected chi connectivity index (χ3v) is 3.72. The molecule has 1 heterocycles. The van der Waals surface area contributed by atoms with Crippen LogP contribution in [0.2, 0.25) is 0 Å². The molecular formula is C17H29IN4O. The molecule has 1 aromatic heterocycles. The molecule has 0 amide bonds. The first kappa shape index (κ1) is 20.0. The Labute approximate surface area is 156 Å². The van der Waals surface area contributed by atoms with Crippen LogP contribution < -0.4 is 15.4 Å². The molecule has 0 saturated heterocycles.